The highest BCUT2D eigenvalue weighted by Gasteiger charge is 2.12. The minimum Gasteiger partial charge on any atom is -0.348 e. The van der Waals surface area contributed by atoms with Crippen LogP contribution in [-0.4, -0.2) is 12.5 Å². The van der Waals surface area contributed by atoms with Gasteiger partial charge in [0.2, 0.25) is 5.91 Å². The molecule has 1 amide bonds. The van der Waals surface area contributed by atoms with Gasteiger partial charge >= 0.3 is 0 Å². The summed E-state index contributed by atoms with van der Waals surface area (Å²) in [6, 6.07) is 7.14. The maximum absolute atomic E-state index is 10.9. The quantitative estimate of drug-likeness (QED) is 0.859. The van der Waals surface area contributed by atoms with Gasteiger partial charge in [-0.3, -0.25) is 4.79 Å². The first kappa shape index (κ1) is 14.2. The summed E-state index contributed by atoms with van der Waals surface area (Å²) >= 11 is 5.97. The number of nitrogens with two attached hydrogens (primary N) is 1. The maximum Gasteiger partial charge on any atom is 0.217 e. The Morgan fingerprint density at radius 3 is 2.60 bits per heavy atom. The summed E-state index contributed by atoms with van der Waals surface area (Å²) in [6.07, 6.45) is 0. The van der Waals surface area contributed by atoms with Crippen molar-refractivity contribution in [3.05, 3.63) is 34.9 Å². The summed E-state index contributed by atoms with van der Waals surface area (Å²) in [5, 5.41) is 3.36. The Hall–Kier alpha value is -0.770. The van der Waals surface area contributed by atoms with Crippen molar-refractivity contribution < 1.29 is 4.79 Å². The largest absolute Gasteiger partial charge is 0.348 e. The van der Waals surface area contributed by atoms with Crippen LogP contribution in [0.2, 0.25) is 5.02 Å². The lowest BCUT2D eigenvalue weighted by molar-refractivity contribution is -0.119. The molecule has 1 rings (SSSR count). The number of amides is 1. The van der Waals surface area contributed by atoms with Crippen molar-refractivity contribution in [1.29, 1.82) is 0 Å². The molecule has 1 unspecified atom stereocenters. The Kier molecular flexibility index (Phi) is 6.32. The van der Waals surface area contributed by atoms with Crippen LogP contribution in [0, 0.1) is 0 Å². The first-order valence-electron chi connectivity index (χ1n) is 4.36. The second-order valence-corrected chi connectivity index (χ2v) is 3.42. The molecule has 0 aromatic heterocycles. The minimum atomic E-state index is -0.207. The van der Waals surface area contributed by atoms with Gasteiger partial charge in [0.1, 0.15) is 0 Å². The molecule has 0 aliphatic heterocycles. The fourth-order valence-corrected chi connectivity index (χ4v) is 1.53. The molecule has 0 aliphatic carbocycles. The van der Waals surface area contributed by atoms with Crippen LogP contribution in [0.15, 0.2) is 24.3 Å². The van der Waals surface area contributed by atoms with E-state index in [-0.39, 0.29) is 24.4 Å². The van der Waals surface area contributed by atoms with Gasteiger partial charge in [-0.2, -0.15) is 0 Å². The van der Waals surface area contributed by atoms with Crippen molar-refractivity contribution >= 4 is 29.9 Å². The first-order chi connectivity index (χ1) is 6.65. The summed E-state index contributed by atoms with van der Waals surface area (Å²) in [7, 11) is 0. The third-order valence-corrected chi connectivity index (χ3v) is 2.24. The smallest absolute Gasteiger partial charge is 0.217 e. The van der Waals surface area contributed by atoms with E-state index in [2.05, 4.69) is 5.32 Å². The highest BCUT2D eigenvalue weighted by Crippen LogP contribution is 2.21. The molecule has 1 aromatic rings. The number of carbonyl (C=O) groups is 1. The zero-order valence-corrected chi connectivity index (χ0v) is 9.94. The Balaban J connectivity index is 0.00000196. The van der Waals surface area contributed by atoms with E-state index >= 15 is 0 Å². The average molecular weight is 249 g/mol. The van der Waals surface area contributed by atoms with E-state index in [0.29, 0.717) is 11.6 Å². The molecule has 0 saturated carbocycles. The van der Waals surface area contributed by atoms with Gasteiger partial charge in [-0.15, -0.1) is 12.4 Å². The van der Waals surface area contributed by atoms with Crippen molar-refractivity contribution in [2.45, 2.75) is 13.0 Å². The second kappa shape index (κ2) is 6.67. The summed E-state index contributed by atoms with van der Waals surface area (Å²) in [4.78, 5) is 10.9. The summed E-state index contributed by atoms with van der Waals surface area (Å²) < 4.78 is 0. The van der Waals surface area contributed by atoms with Gasteiger partial charge in [0.25, 0.3) is 0 Å². The maximum atomic E-state index is 10.9. The Bertz CT molecular complexity index is 331. The lowest BCUT2D eigenvalue weighted by Gasteiger charge is -2.17. The van der Waals surface area contributed by atoms with Crippen molar-refractivity contribution in [3.8, 4) is 0 Å². The zero-order chi connectivity index (χ0) is 10.6. The molecule has 1 atom stereocenters. The molecule has 3 N–H and O–H groups in total. The molecule has 0 aliphatic rings. The van der Waals surface area contributed by atoms with Crippen LogP contribution in [0.5, 0.6) is 0 Å². The summed E-state index contributed by atoms with van der Waals surface area (Å²) in [6.45, 7) is 1.79. The van der Waals surface area contributed by atoms with Gasteiger partial charge in [-0.25, -0.2) is 0 Å². The van der Waals surface area contributed by atoms with Gasteiger partial charge in [0.15, 0.2) is 0 Å². The molecule has 0 saturated heterocycles. The molecule has 0 bridgehead atoms. The SMILES string of the molecule is CC(=O)NC(CN)c1ccccc1Cl.Cl. The minimum absolute atomic E-state index is 0. The molecule has 15 heavy (non-hydrogen) atoms. The van der Waals surface area contributed by atoms with Crippen LogP contribution in [0.3, 0.4) is 0 Å². The van der Waals surface area contributed by atoms with Crippen LogP contribution in [0.1, 0.15) is 18.5 Å². The highest BCUT2D eigenvalue weighted by atomic mass is 35.5. The lowest BCUT2D eigenvalue weighted by atomic mass is 10.1. The number of hydrogen-bond donors (Lipinski definition) is 2. The highest BCUT2D eigenvalue weighted by molar-refractivity contribution is 6.31. The van der Waals surface area contributed by atoms with E-state index in [1.165, 1.54) is 6.92 Å². The second-order valence-electron chi connectivity index (χ2n) is 3.01. The molecule has 5 heteroatoms. The van der Waals surface area contributed by atoms with Crippen molar-refractivity contribution in [2.75, 3.05) is 6.54 Å². The van der Waals surface area contributed by atoms with Crippen LogP contribution in [-0.2, 0) is 4.79 Å². The van der Waals surface area contributed by atoms with E-state index in [1.807, 2.05) is 18.2 Å². The van der Waals surface area contributed by atoms with Crippen molar-refractivity contribution in [3.63, 3.8) is 0 Å². The van der Waals surface area contributed by atoms with E-state index in [4.69, 9.17) is 17.3 Å². The van der Waals surface area contributed by atoms with E-state index in [0.717, 1.165) is 5.56 Å². The van der Waals surface area contributed by atoms with Crippen LogP contribution in [0.4, 0.5) is 0 Å². The van der Waals surface area contributed by atoms with Crippen molar-refractivity contribution in [1.82, 2.24) is 5.32 Å². The summed E-state index contributed by atoms with van der Waals surface area (Å²) in [5.74, 6) is -0.111. The molecule has 0 heterocycles. The predicted octanol–water partition coefficient (Wildman–Crippen LogP) is 1.90. The Morgan fingerprint density at radius 2 is 2.13 bits per heavy atom. The molecule has 84 valence electrons. The molecular formula is C10H14Cl2N2O. The third kappa shape index (κ3) is 4.08. The number of carbonyl (C=O) groups excluding carboxylic acids is 1. The predicted molar refractivity (Wildman–Crippen MR) is 64.3 cm³/mol. The van der Waals surface area contributed by atoms with E-state index in [1.54, 1.807) is 6.07 Å². The van der Waals surface area contributed by atoms with Gasteiger partial charge in [0.05, 0.1) is 6.04 Å². The molecule has 0 fully saturated rings. The summed E-state index contributed by atoms with van der Waals surface area (Å²) in [5.41, 5.74) is 6.40. The third-order valence-electron chi connectivity index (χ3n) is 1.89. The molecule has 3 nitrogen and oxygen atoms in total. The Labute approximate surface area is 100 Å². The normalized spacial score (nSPS) is 11.4. The lowest BCUT2D eigenvalue weighted by Crippen LogP contribution is -2.31. The standard InChI is InChI=1S/C10H13ClN2O.ClH/c1-7(14)13-10(6-12)8-4-2-3-5-9(8)11;/h2-5,10H,6,12H2,1H3,(H,13,14);1H. The first-order valence-corrected chi connectivity index (χ1v) is 4.74. The number of benzene rings is 1. The van der Waals surface area contributed by atoms with Crippen molar-refractivity contribution in [2.24, 2.45) is 5.73 Å². The van der Waals surface area contributed by atoms with E-state index in [9.17, 15) is 4.79 Å². The average Bonchev–Trinajstić information content (AvgIpc) is 2.15. The van der Waals surface area contributed by atoms with Gasteiger partial charge in [-0.1, -0.05) is 29.8 Å². The van der Waals surface area contributed by atoms with Crippen LogP contribution < -0.4 is 11.1 Å². The topological polar surface area (TPSA) is 55.1 Å². The molecule has 0 spiro atoms. The molecule has 0 radical (unpaired) electrons. The van der Waals surface area contributed by atoms with Crippen LogP contribution in [0.25, 0.3) is 0 Å². The Morgan fingerprint density at radius 1 is 1.53 bits per heavy atom. The number of hydrogen-bond acceptors (Lipinski definition) is 2. The number of nitrogens with one attached hydrogen (secondary N) is 1. The fourth-order valence-electron chi connectivity index (χ4n) is 1.27. The number of halogens is 2. The number of rotatable bonds is 3. The fraction of sp³-hybridized carbons (Fsp3) is 0.300. The molecule has 1 aromatic carbocycles. The monoisotopic (exact) mass is 248 g/mol. The van der Waals surface area contributed by atoms with E-state index < -0.39 is 0 Å². The van der Waals surface area contributed by atoms with Gasteiger partial charge in [-0.05, 0) is 11.6 Å². The van der Waals surface area contributed by atoms with Crippen LogP contribution >= 0.6 is 24.0 Å². The zero-order valence-electron chi connectivity index (χ0n) is 8.37. The van der Waals surface area contributed by atoms with Gasteiger partial charge in [0, 0.05) is 18.5 Å². The molecular weight excluding hydrogens is 235 g/mol. The van der Waals surface area contributed by atoms with Gasteiger partial charge < -0.3 is 11.1 Å².